The molecule has 1 saturated heterocycles. The second kappa shape index (κ2) is 13.7. The molecule has 0 saturated carbocycles. The summed E-state index contributed by atoms with van der Waals surface area (Å²) in [4.78, 5) is 2.25. The van der Waals surface area contributed by atoms with Gasteiger partial charge in [-0.15, -0.1) is 0 Å². The highest BCUT2D eigenvalue weighted by atomic mass is 79.9. The van der Waals surface area contributed by atoms with E-state index >= 15 is 0 Å². The summed E-state index contributed by atoms with van der Waals surface area (Å²) in [5, 5.41) is -0.669. The molecule has 0 N–H and O–H groups in total. The molecule has 250 valence electrons. The highest BCUT2D eigenvalue weighted by Crippen LogP contribution is 2.53. The van der Waals surface area contributed by atoms with E-state index in [2.05, 4.69) is 20.7 Å². The molecular weight excluding hydrogens is 725 g/mol. The fraction of sp³-hybridized carbons (Fsp3) is 0.273. The van der Waals surface area contributed by atoms with Gasteiger partial charge in [0.15, 0.2) is 0 Å². The topological polar surface area (TPSA) is 29.5 Å². The van der Waals surface area contributed by atoms with Crippen molar-refractivity contribution in [3.63, 3.8) is 0 Å². The summed E-state index contributed by atoms with van der Waals surface area (Å²) in [6.07, 6.45) is -12.2. The van der Waals surface area contributed by atoms with Crippen molar-refractivity contribution in [3.05, 3.63) is 135 Å². The Kier molecular flexibility index (Phi) is 10.3. The molecule has 0 amide bonds. The van der Waals surface area contributed by atoms with Crippen LogP contribution in [0.2, 0.25) is 0 Å². The van der Waals surface area contributed by atoms with Gasteiger partial charge < -0.3 is 4.74 Å². The lowest BCUT2D eigenvalue weighted by atomic mass is 9.88. The van der Waals surface area contributed by atoms with Gasteiger partial charge in [0.1, 0.15) is 17.5 Å². The molecule has 3 atom stereocenters. The highest BCUT2D eigenvalue weighted by Gasteiger charge is 2.73. The molecule has 3 nitrogen and oxygen atoms in total. The van der Waals surface area contributed by atoms with Crippen LogP contribution >= 0.6 is 15.9 Å². The predicted molar refractivity (Wildman–Crippen MR) is 160 cm³/mol. The van der Waals surface area contributed by atoms with Gasteiger partial charge in [-0.2, -0.15) is 26.3 Å². The van der Waals surface area contributed by atoms with E-state index in [1.54, 1.807) is 0 Å². The van der Waals surface area contributed by atoms with Crippen molar-refractivity contribution >= 4 is 26.7 Å². The Hall–Kier alpha value is -3.20. The average Bonchev–Trinajstić information content (AvgIpc) is 3.42. The smallest absolute Gasteiger partial charge is 0.349 e. The molecule has 47 heavy (non-hydrogen) atoms. The molecule has 4 aromatic carbocycles. The van der Waals surface area contributed by atoms with E-state index in [1.165, 1.54) is 12.1 Å². The minimum atomic E-state index is -6.09. The van der Waals surface area contributed by atoms with Gasteiger partial charge in [-0.05, 0) is 57.4 Å². The molecule has 1 heterocycles. The van der Waals surface area contributed by atoms with Crippen molar-refractivity contribution < 1.29 is 48.5 Å². The molecule has 0 bridgehead atoms. The molecule has 14 heteroatoms. The summed E-state index contributed by atoms with van der Waals surface area (Å²) in [7, 11) is -1.76. The van der Waals surface area contributed by atoms with Gasteiger partial charge in [-0.1, -0.05) is 60.7 Å². The number of hydrogen-bond donors (Lipinski definition) is 0. The molecule has 5 rings (SSSR count). The molecule has 1 aliphatic rings. The molecule has 0 aliphatic carbocycles. The minimum Gasteiger partial charge on any atom is -0.349 e. The van der Waals surface area contributed by atoms with Crippen molar-refractivity contribution in [1.82, 2.24) is 4.90 Å². The second-order valence-corrected chi connectivity index (χ2v) is 13.5. The quantitative estimate of drug-likeness (QED) is 0.160. The maximum absolute atomic E-state index is 14.4. The molecule has 0 spiro atoms. The van der Waals surface area contributed by atoms with Crippen LogP contribution in [-0.2, 0) is 34.3 Å². The Balaban J connectivity index is 1.51. The SMILES string of the molecule is O=S(c1ccc(F)c(Br)c1)C1CN(Cc2ccccc2)C[C@@H]1c1ccc(C(OCc2c(F)cccc2F)(C(F)(F)F)C(F)(F)F)cc1. The Morgan fingerprint density at radius 3 is 1.96 bits per heavy atom. The van der Waals surface area contributed by atoms with Crippen LogP contribution in [0.3, 0.4) is 0 Å². The van der Waals surface area contributed by atoms with Crippen molar-refractivity contribution in [3.8, 4) is 0 Å². The molecule has 4 aromatic rings. The zero-order chi connectivity index (χ0) is 34.1. The molecule has 0 radical (unpaired) electrons. The molecular formula is C33H25BrF9NO2S. The van der Waals surface area contributed by atoms with Gasteiger partial charge in [-0.3, -0.25) is 9.11 Å². The lowest BCUT2D eigenvalue weighted by Crippen LogP contribution is -2.55. The Morgan fingerprint density at radius 1 is 0.766 bits per heavy atom. The lowest BCUT2D eigenvalue weighted by molar-refractivity contribution is -0.392. The van der Waals surface area contributed by atoms with Crippen LogP contribution in [0.15, 0.2) is 100 Å². The highest BCUT2D eigenvalue weighted by molar-refractivity contribution is 9.10. The number of nitrogens with zero attached hydrogens (tertiary/aromatic N) is 1. The number of alkyl halides is 6. The van der Waals surface area contributed by atoms with E-state index in [0.717, 1.165) is 29.8 Å². The number of benzene rings is 4. The first-order chi connectivity index (χ1) is 22.1. The molecule has 0 aromatic heterocycles. The van der Waals surface area contributed by atoms with E-state index in [1.807, 2.05) is 35.2 Å². The first-order valence-corrected chi connectivity index (χ1v) is 16.1. The van der Waals surface area contributed by atoms with Crippen molar-refractivity contribution in [1.29, 1.82) is 0 Å². The van der Waals surface area contributed by atoms with Crippen LogP contribution in [0.25, 0.3) is 0 Å². The summed E-state index contributed by atoms with van der Waals surface area (Å²) in [6.45, 7) is -0.707. The maximum Gasteiger partial charge on any atom is 0.430 e. The number of hydrogen-bond acceptors (Lipinski definition) is 3. The monoisotopic (exact) mass is 749 g/mol. The van der Waals surface area contributed by atoms with Crippen LogP contribution < -0.4 is 0 Å². The fourth-order valence-electron chi connectivity index (χ4n) is 5.69. The number of likely N-dealkylation sites (tertiary alicyclic amines) is 1. The van der Waals surface area contributed by atoms with E-state index in [0.29, 0.717) is 36.4 Å². The largest absolute Gasteiger partial charge is 0.430 e. The van der Waals surface area contributed by atoms with E-state index in [9.17, 15) is 43.7 Å². The first-order valence-electron chi connectivity index (χ1n) is 14.0. The minimum absolute atomic E-state index is 0.0781. The normalized spacial score (nSPS) is 18.4. The van der Waals surface area contributed by atoms with E-state index < -0.39 is 75.1 Å². The standard InChI is InChI=1S/C33H25BrF9NO2S/c34-26-15-23(13-14-29(26)37)47(45)30-18-44(16-20-5-2-1-3-6-20)17-24(30)21-9-11-22(12-10-21)31(32(38,39)40,33(41,42)43)46-19-25-27(35)7-4-8-28(25)36/h1-15,24,30H,16-19H2/t24-,30?,47?/m1/s1. The third-order valence-electron chi connectivity index (χ3n) is 8.03. The van der Waals surface area contributed by atoms with Gasteiger partial charge in [0.25, 0.3) is 5.60 Å². The van der Waals surface area contributed by atoms with Gasteiger partial charge >= 0.3 is 12.4 Å². The van der Waals surface area contributed by atoms with Crippen LogP contribution in [0, 0.1) is 17.5 Å². The summed E-state index contributed by atoms with van der Waals surface area (Å²) in [5.41, 5.74) is -6.13. The average molecular weight is 751 g/mol. The number of rotatable bonds is 9. The van der Waals surface area contributed by atoms with Gasteiger partial charge in [0, 0.05) is 41.6 Å². The van der Waals surface area contributed by atoms with Crippen LogP contribution in [0.4, 0.5) is 39.5 Å². The Bertz CT molecular complexity index is 1700. The number of halogens is 10. The third-order valence-corrected chi connectivity index (χ3v) is 10.4. The van der Waals surface area contributed by atoms with Crippen molar-refractivity contribution in [2.24, 2.45) is 0 Å². The third kappa shape index (κ3) is 7.15. The van der Waals surface area contributed by atoms with Crippen molar-refractivity contribution in [2.75, 3.05) is 13.1 Å². The number of ether oxygens (including phenoxy) is 1. The van der Waals surface area contributed by atoms with Gasteiger partial charge in [-0.25, -0.2) is 13.2 Å². The van der Waals surface area contributed by atoms with Crippen molar-refractivity contribution in [2.45, 2.75) is 47.2 Å². The molecule has 1 fully saturated rings. The molecule has 2 unspecified atom stereocenters. The maximum atomic E-state index is 14.4. The van der Waals surface area contributed by atoms with E-state index in [-0.39, 0.29) is 22.5 Å². The summed E-state index contributed by atoms with van der Waals surface area (Å²) >= 11 is 3.08. The van der Waals surface area contributed by atoms with Crippen LogP contribution in [0.1, 0.15) is 28.2 Å². The second-order valence-electron chi connectivity index (χ2n) is 11.0. The van der Waals surface area contributed by atoms with E-state index in [4.69, 9.17) is 0 Å². The van der Waals surface area contributed by atoms with Crippen LogP contribution in [0.5, 0.6) is 0 Å². The van der Waals surface area contributed by atoms with Crippen LogP contribution in [-0.4, -0.2) is 39.8 Å². The van der Waals surface area contributed by atoms with Gasteiger partial charge in [0.2, 0.25) is 0 Å². The lowest BCUT2D eigenvalue weighted by Gasteiger charge is -2.37. The molecule has 1 aliphatic heterocycles. The van der Waals surface area contributed by atoms with Gasteiger partial charge in [0.05, 0.1) is 27.1 Å². The summed E-state index contributed by atoms with van der Waals surface area (Å²) < 4.78 is 147. The zero-order valence-electron chi connectivity index (χ0n) is 24.1. The predicted octanol–water partition coefficient (Wildman–Crippen LogP) is 9.18. The zero-order valence-corrected chi connectivity index (χ0v) is 26.5. The summed E-state index contributed by atoms with van der Waals surface area (Å²) in [5.74, 6) is -3.93. The Labute approximate surface area is 274 Å². The fourth-order valence-corrected chi connectivity index (χ4v) is 7.89. The Morgan fingerprint density at radius 2 is 1.38 bits per heavy atom. The first kappa shape index (κ1) is 35.1. The summed E-state index contributed by atoms with van der Waals surface area (Å²) in [6, 6.07) is 18.8.